The second-order valence-electron chi connectivity index (χ2n) is 10.5. The number of β-lactam (4-membered cyclic amide) rings is 1. The number of hydrogen-bond acceptors (Lipinski definition) is 9. The van der Waals surface area contributed by atoms with E-state index in [0.29, 0.717) is 9.28 Å². The van der Waals surface area contributed by atoms with Gasteiger partial charge in [0, 0.05) is 0 Å². The van der Waals surface area contributed by atoms with Gasteiger partial charge in [0.25, 0.3) is 5.78 Å². The third-order valence-corrected chi connectivity index (χ3v) is 15.0. The zero-order chi connectivity index (χ0) is 34.9. The molecule has 0 spiro atoms. The second-order valence-corrected chi connectivity index (χ2v) is 20.0. The molecule has 4 atom stereocenters. The van der Waals surface area contributed by atoms with Crippen molar-refractivity contribution in [1.29, 1.82) is 0 Å². The van der Waals surface area contributed by atoms with E-state index in [1.54, 1.807) is 11.8 Å². The SMILES string of the molecule is C=CCOC(=O)C(N1C(=O)C(C(C)OC(=O)OCC(Cl)(Cl)Cl)C1SC(=S)SCC)[P+](c1ccccc1)(c1ccccc1)c1ccccc1. The average molecular weight is 786 g/mol. The molecule has 7 nitrogen and oxygen atoms in total. The first-order chi connectivity index (χ1) is 22.9. The molecule has 1 fully saturated rings. The van der Waals surface area contributed by atoms with Gasteiger partial charge < -0.3 is 14.2 Å². The fourth-order valence-corrected chi connectivity index (χ4v) is 13.3. The number of rotatable bonds is 13. The van der Waals surface area contributed by atoms with E-state index in [0.717, 1.165) is 15.9 Å². The van der Waals surface area contributed by atoms with Gasteiger partial charge in [-0.1, -0.05) is 133 Å². The fraction of sp³-hybridized carbons (Fsp3) is 0.294. The molecule has 3 aromatic rings. The van der Waals surface area contributed by atoms with Crippen molar-refractivity contribution in [2.75, 3.05) is 19.0 Å². The van der Waals surface area contributed by atoms with Crippen LogP contribution < -0.4 is 15.9 Å². The standard InChI is InChI=1S/C34H34Cl3NO6PS3/c1-4-21-42-31(40)29(45(24-15-9-6-10-16-24,25-17-11-7-12-18-25)26-19-13-8-14-20-26)38-28(39)27(30(38)48-33(46)47-5-2)23(3)44-32(41)43-22-34(35,36)37/h4,6-20,23,27,29-30H,1,5,21-22H2,2-3H3/q+1. The fourth-order valence-electron chi connectivity index (χ4n) is 5.52. The molecule has 4 rings (SSSR count). The minimum absolute atomic E-state index is 0.0599. The van der Waals surface area contributed by atoms with E-state index in [1.165, 1.54) is 29.6 Å². The van der Waals surface area contributed by atoms with Gasteiger partial charge in [-0.05, 0) is 49.1 Å². The Morgan fingerprint density at radius 1 is 0.958 bits per heavy atom. The number of halogens is 3. The van der Waals surface area contributed by atoms with Gasteiger partial charge in [-0.2, -0.15) is 0 Å². The number of thiocarbonyl (C=S) groups is 1. The quantitative estimate of drug-likeness (QED) is 0.0437. The third kappa shape index (κ3) is 8.88. The molecule has 0 saturated carbocycles. The number of ether oxygens (including phenoxy) is 3. The van der Waals surface area contributed by atoms with Gasteiger partial charge >= 0.3 is 12.1 Å². The number of nitrogens with zero attached hydrogens (tertiary/aromatic N) is 1. The Kier molecular flexibility index (Phi) is 14.1. The van der Waals surface area contributed by atoms with E-state index in [2.05, 4.69) is 6.58 Å². The van der Waals surface area contributed by atoms with Crippen molar-refractivity contribution in [3.05, 3.63) is 104 Å². The van der Waals surface area contributed by atoms with E-state index in [9.17, 15) is 14.4 Å². The summed E-state index contributed by atoms with van der Waals surface area (Å²) in [6.07, 6.45) is -0.594. The highest BCUT2D eigenvalue weighted by Crippen LogP contribution is 2.63. The highest BCUT2D eigenvalue weighted by atomic mass is 35.6. The Bertz CT molecular complexity index is 1490. The van der Waals surface area contributed by atoms with Crippen LogP contribution in [0.3, 0.4) is 0 Å². The Hall–Kier alpha value is -2.30. The molecular formula is C34H34Cl3NO6PS3+. The van der Waals surface area contributed by atoms with Gasteiger partial charge in [0.05, 0.1) is 0 Å². The molecule has 0 radical (unpaired) electrons. The highest BCUT2D eigenvalue weighted by Gasteiger charge is 2.67. The van der Waals surface area contributed by atoms with Gasteiger partial charge in [-0.15, -0.1) is 11.8 Å². The first-order valence-electron chi connectivity index (χ1n) is 14.8. The Labute approximate surface area is 310 Å². The molecule has 1 amide bonds. The minimum atomic E-state index is -3.07. The zero-order valence-corrected chi connectivity index (χ0v) is 31.7. The predicted octanol–water partition coefficient (Wildman–Crippen LogP) is 7.50. The molecule has 1 saturated heterocycles. The van der Waals surface area contributed by atoms with Crippen LogP contribution in [0.1, 0.15) is 13.8 Å². The maximum atomic E-state index is 14.6. The van der Waals surface area contributed by atoms with E-state index in [1.807, 2.05) is 97.9 Å². The lowest BCUT2D eigenvalue weighted by atomic mass is 9.92. The summed E-state index contributed by atoms with van der Waals surface area (Å²) in [4.78, 5) is 43.3. The summed E-state index contributed by atoms with van der Waals surface area (Å²) in [6.45, 7) is 6.68. The van der Waals surface area contributed by atoms with Crippen LogP contribution in [0, 0.1) is 5.92 Å². The second kappa shape index (κ2) is 17.6. The molecule has 14 heteroatoms. The maximum absolute atomic E-state index is 14.6. The first kappa shape index (κ1) is 38.5. The summed E-state index contributed by atoms with van der Waals surface area (Å²) in [6, 6.07) is 29.1. The van der Waals surface area contributed by atoms with E-state index < -0.39 is 58.9 Å². The van der Waals surface area contributed by atoms with Gasteiger partial charge in [0.1, 0.15) is 57.3 Å². The van der Waals surface area contributed by atoms with Crippen LogP contribution in [0.25, 0.3) is 0 Å². The Morgan fingerprint density at radius 3 is 1.90 bits per heavy atom. The van der Waals surface area contributed by atoms with Crippen LogP contribution in [0.4, 0.5) is 4.79 Å². The normalized spacial score (nSPS) is 17.4. The largest absolute Gasteiger partial charge is 0.508 e. The number of alkyl halides is 3. The number of amides is 1. The average Bonchev–Trinajstić information content (AvgIpc) is 3.07. The smallest absolute Gasteiger partial charge is 0.457 e. The van der Waals surface area contributed by atoms with Crippen LogP contribution in [0.5, 0.6) is 0 Å². The molecule has 0 bridgehead atoms. The summed E-state index contributed by atoms with van der Waals surface area (Å²) in [5.74, 6) is -2.31. The van der Waals surface area contributed by atoms with Crippen LogP contribution in [-0.2, 0) is 23.8 Å². The van der Waals surface area contributed by atoms with Crippen molar-refractivity contribution in [2.45, 2.75) is 34.9 Å². The molecule has 4 unspecified atom stereocenters. The molecule has 0 aromatic heterocycles. The molecule has 3 aromatic carbocycles. The van der Waals surface area contributed by atoms with Crippen molar-refractivity contribution >= 4 is 115 Å². The summed E-state index contributed by atoms with van der Waals surface area (Å²) in [5, 5.41) is 1.89. The number of carbonyl (C=O) groups is 3. The number of esters is 1. The molecule has 1 heterocycles. The lowest BCUT2D eigenvalue weighted by molar-refractivity contribution is -0.167. The molecule has 0 aliphatic carbocycles. The van der Waals surface area contributed by atoms with Gasteiger partial charge in [-0.3, -0.25) is 9.69 Å². The zero-order valence-electron chi connectivity index (χ0n) is 26.1. The summed E-state index contributed by atoms with van der Waals surface area (Å²) >= 11 is 25.6. The van der Waals surface area contributed by atoms with Crippen molar-refractivity contribution in [3.63, 3.8) is 0 Å². The third-order valence-electron chi connectivity index (χ3n) is 7.42. The minimum Gasteiger partial charge on any atom is -0.457 e. The number of thioether (sulfide) groups is 2. The van der Waals surface area contributed by atoms with Gasteiger partial charge in [-0.25, -0.2) is 9.59 Å². The van der Waals surface area contributed by atoms with Crippen LogP contribution in [0.15, 0.2) is 104 Å². The van der Waals surface area contributed by atoms with Crippen LogP contribution >= 0.6 is 77.8 Å². The predicted molar refractivity (Wildman–Crippen MR) is 205 cm³/mol. The number of carbonyl (C=O) groups excluding carboxylic acids is 3. The summed E-state index contributed by atoms with van der Waals surface area (Å²) < 4.78 is 15.1. The van der Waals surface area contributed by atoms with Crippen molar-refractivity contribution < 1.29 is 28.6 Å². The molecule has 1 aliphatic heterocycles. The van der Waals surface area contributed by atoms with Gasteiger partial charge in [0.2, 0.25) is 9.70 Å². The Balaban J connectivity index is 1.92. The van der Waals surface area contributed by atoms with Gasteiger partial charge in [0.15, 0.2) is 0 Å². The molecule has 254 valence electrons. The summed E-state index contributed by atoms with van der Waals surface area (Å²) in [5.41, 5.74) is 0. The maximum Gasteiger partial charge on any atom is 0.508 e. The molecular weight excluding hydrogens is 752 g/mol. The molecule has 1 aliphatic rings. The van der Waals surface area contributed by atoms with Crippen LogP contribution in [0.2, 0.25) is 0 Å². The summed E-state index contributed by atoms with van der Waals surface area (Å²) in [7, 11) is -3.07. The lowest BCUT2D eigenvalue weighted by Gasteiger charge is -2.52. The van der Waals surface area contributed by atoms with E-state index in [4.69, 9.17) is 61.2 Å². The highest BCUT2D eigenvalue weighted by molar-refractivity contribution is 8.47. The van der Waals surface area contributed by atoms with E-state index in [-0.39, 0.29) is 6.61 Å². The topological polar surface area (TPSA) is 82.1 Å². The number of benzene rings is 3. The molecule has 48 heavy (non-hydrogen) atoms. The lowest BCUT2D eigenvalue weighted by Crippen LogP contribution is -2.70. The van der Waals surface area contributed by atoms with E-state index >= 15 is 0 Å². The Morgan fingerprint density at radius 2 is 1.46 bits per heavy atom. The van der Waals surface area contributed by atoms with Crippen molar-refractivity contribution in [2.24, 2.45) is 5.92 Å². The first-order valence-corrected chi connectivity index (χ1v) is 20.1. The number of likely N-dealkylation sites (tertiary alicyclic amines) is 1. The van der Waals surface area contributed by atoms with Crippen molar-refractivity contribution in [3.8, 4) is 0 Å². The molecule has 0 N–H and O–H groups in total. The van der Waals surface area contributed by atoms with Crippen molar-refractivity contribution in [1.82, 2.24) is 4.90 Å². The van der Waals surface area contributed by atoms with Crippen LogP contribution in [-0.4, -0.2) is 66.5 Å². The monoisotopic (exact) mass is 784 g/mol. The number of hydrogen-bond donors (Lipinski definition) is 0.